The monoisotopic (exact) mass is 223 g/mol. The van der Waals surface area contributed by atoms with Crippen LogP contribution in [0.3, 0.4) is 0 Å². The number of nitrogens with zero attached hydrogens (tertiary/aromatic N) is 1. The highest BCUT2D eigenvalue weighted by molar-refractivity contribution is 5.70. The zero-order valence-corrected chi connectivity index (χ0v) is 10.4. The van der Waals surface area contributed by atoms with Gasteiger partial charge >= 0.3 is 0 Å². The van der Waals surface area contributed by atoms with Gasteiger partial charge in [0.25, 0.3) is 0 Å². The number of nitriles is 1. The summed E-state index contributed by atoms with van der Waals surface area (Å²) in [6.07, 6.45) is 5.89. The molecule has 0 saturated carbocycles. The van der Waals surface area contributed by atoms with Gasteiger partial charge in [-0.1, -0.05) is 50.3 Å². The Balaban J connectivity index is 2.40. The molecule has 17 heavy (non-hydrogen) atoms. The first kappa shape index (κ1) is 11.7. The Bertz CT molecular complexity index is 498. The van der Waals surface area contributed by atoms with Crippen molar-refractivity contribution in [3.63, 3.8) is 0 Å². The van der Waals surface area contributed by atoms with E-state index in [4.69, 9.17) is 5.26 Å². The van der Waals surface area contributed by atoms with Gasteiger partial charge in [0.15, 0.2) is 0 Å². The van der Waals surface area contributed by atoms with Gasteiger partial charge in [-0.05, 0) is 35.0 Å². The predicted molar refractivity (Wildman–Crippen MR) is 71.1 cm³/mol. The summed E-state index contributed by atoms with van der Waals surface area (Å²) in [5.74, 6) is 0. The van der Waals surface area contributed by atoms with Crippen molar-refractivity contribution in [2.75, 3.05) is 0 Å². The molecule has 0 bridgehead atoms. The minimum Gasteiger partial charge on any atom is -0.193 e. The van der Waals surface area contributed by atoms with E-state index in [2.05, 4.69) is 50.3 Å². The van der Waals surface area contributed by atoms with Crippen LogP contribution in [0.4, 0.5) is 0 Å². The summed E-state index contributed by atoms with van der Waals surface area (Å²) >= 11 is 0. The van der Waals surface area contributed by atoms with Crippen LogP contribution in [0.1, 0.15) is 32.3 Å². The summed E-state index contributed by atoms with van der Waals surface area (Å²) in [6, 6.07) is 12.6. The van der Waals surface area contributed by atoms with E-state index in [0.29, 0.717) is 0 Å². The normalized spacial score (nSPS) is 20.8. The summed E-state index contributed by atoms with van der Waals surface area (Å²) in [5, 5.41) is 8.79. The van der Waals surface area contributed by atoms with Crippen LogP contribution in [0, 0.1) is 16.7 Å². The fourth-order valence-electron chi connectivity index (χ4n) is 2.47. The zero-order chi connectivity index (χ0) is 12.3. The lowest BCUT2D eigenvalue weighted by molar-refractivity contribution is 0.369. The van der Waals surface area contributed by atoms with E-state index in [1.165, 1.54) is 11.1 Å². The molecule has 2 rings (SSSR count). The van der Waals surface area contributed by atoms with Crippen molar-refractivity contribution in [2.24, 2.45) is 5.41 Å². The van der Waals surface area contributed by atoms with Gasteiger partial charge in [-0.3, -0.25) is 0 Å². The lowest BCUT2D eigenvalue weighted by Gasteiger charge is -2.31. The van der Waals surface area contributed by atoms with Crippen LogP contribution in [0.5, 0.6) is 0 Å². The second kappa shape index (κ2) is 4.59. The highest BCUT2D eigenvalue weighted by Crippen LogP contribution is 2.41. The van der Waals surface area contributed by atoms with E-state index in [-0.39, 0.29) is 5.41 Å². The molecule has 1 heteroatoms. The molecular formula is C16H17N. The van der Waals surface area contributed by atoms with Crippen LogP contribution >= 0.6 is 0 Å². The third-order valence-electron chi connectivity index (χ3n) is 3.11. The molecule has 1 aromatic rings. The van der Waals surface area contributed by atoms with E-state index in [0.717, 1.165) is 18.4 Å². The molecular weight excluding hydrogens is 206 g/mol. The van der Waals surface area contributed by atoms with Gasteiger partial charge in [0, 0.05) is 6.08 Å². The van der Waals surface area contributed by atoms with Gasteiger partial charge in [-0.25, -0.2) is 0 Å². The summed E-state index contributed by atoms with van der Waals surface area (Å²) < 4.78 is 0. The van der Waals surface area contributed by atoms with Crippen LogP contribution in [0.15, 0.2) is 48.1 Å². The quantitative estimate of drug-likeness (QED) is 0.650. The minimum atomic E-state index is 0.239. The van der Waals surface area contributed by atoms with E-state index in [9.17, 15) is 0 Å². The third-order valence-corrected chi connectivity index (χ3v) is 3.11. The second-order valence-corrected chi connectivity index (χ2v) is 5.40. The van der Waals surface area contributed by atoms with Crippen LogP contribution in [-0.2, 0) is 0 Å². The Labute approximate surface area is 103 Å². The van der Waals surface area contributed by atoms with Crippen molar-refractivity contribution in [3.05, 3.63) is 53.6 Å². The van der Waals surface area contributed by atoms with Crippen LogP contribution < -0.4 is 0 Å². The van der Waals surface area contributed by atoms with Gasteiger partial charge in [-0.15, -0.1) is 0 Å². The molecule has 0 fully saturated rings. The Morgan fingerprint density at radius 3 is 2.53 bits per heavy atom. The molecule has 86 valence electrons. The molecule has 1 nitrogen and oxygen atoms in total. The van der Waals surface area contributed by atoms with Crippen molar-refractivity contribution in [1.82, 2.24) is 0 Å². The van der Waals surface area contributed by atoms with Crippen molar-refractivity contribution in [2.45, 2.75) is 26.7 Å². The maximum atomic E-state index is 8.79. The predicted octanol–water partition coefficient (Wildman–Crippen LogP) is 4.34. The smallest absolute Gasteiger partial charge is 0.0914 e. The largest absolute Gasteiger partial charge is 0.193 e. The molecule has 0 saturated heterocycles. The molecule has 0 aromatic heterocycles. The van der Waals surface area contributed by atoms with Crippen LogP contribution in [-0.4, -0.2) is 0 Å². The molecule has 0 N–H and O–H groups in total. The Hall–Kier alpha value is -1.81. The molecule has 0 atom stereocenters. The summed E-state index contributed by atoms with van der Waals surface area (Å²) in [6.45, 7) is 4.52. The highest BCUT2D eigenvalue weighted by Gasteiger charge is 2.25. The SMILES string of the molecule is CC1(C)CC(c2ccccc2)=C/C(=C\C#N)C1. The molecule has 1 aliphatic carbocycles. The fraction of sp³-hybridized carbons (Fsp3) is 0.312. The Morgan fingerprint density at radius 1 is 1.18 bits per heavy atom. The zero-order valence-electron chi connectivity index (χ0n) is 10.4. The van der Waals surface area contributed by atoms with Gasteiger partial charge in [0.2, 0.25) is 0 Å². The molecule has 1 aliphatic rings. The van der Waals surface area contributed by atoms with Crippen molar-refractivity contribution in [1.29, 1.82) is 5.26 Å². The summed E-state index contributed by atoms with van der Waals surface area (Å²) in [5.41, 5.74) is 3.98. The maximum absolute atomic E-state index is 8.79. The average molecular weight is 223 g/mol. The third kappa shape index (κ3) is 2.85. The molecule has 0 unspecified atom stereocenters. The number of hydrogen-bond donors (Lipinski definition) is 0. The second-order valence-electron chi connectivity index (χ2n) is 5.40. The van der Waals surface area contributed by atoms with Crippen molar-refractivity contribution >= 4 is 5.57 Å². The first-order valence-electron chi connectivity index (χ1n) is 5.95. The van der Waals surface area contributed by atoms with Gasteiger partial charge in [-0.2, -0.15) is 5.26 Å². The van der Waals surface area contributed by atoms with Crippen molar-refractivity contribution in [3.8, 4) is 6.07 Å². The first-order chi connectivity index (χ1) is 8.11. The van der Waals surface area contributed by atoms with Crippen LogP contribution in [0.25, 0.3) is 5.57 Å². The maximum Gasteiger partial charge on any atom is 0.0914 e. The number of benzene rings is 1. The molecule has 1 aromatic carbocycles. The minimum absolute atomic E-state index is 0.239. The van der Waals surface area contributed by atoms with E-state index < -0.39 is 0 Å². The standard InChI is InChI=1S/C16H17N/c1-16(2)11-13(8-9-17)10-15(12-16)14-6-4-3-5-7-14/h3-8,10H,11-12H2,1-2H3/b13-8+. The number of hydrogen-bond acceptors (Lipinski definition) is 1. The van der Waals surface area contributed by atoms with Crippen LogP contribution in [0.2, 0.25) is 0 Å². The number of rotatable bonds is 1. The van der Waals surface area contributed by atoms with Gasteiger partial charge in [0.1, 0.15) is 0 Å². The summed E-state index contributed by atoms with van der Waals surface area (Å²) in [4.78, 5) is 0. The molecule has 0 amide bonds. The Kier molecular flexibility index (Phi) is 3.15. The molecule has 0 aliphatic heterocycles. The van der Waals surface area contributed by atoms with E-state index in [1.54, 1.807) is 6.08 Å². The van der Waals surface area contributed by atoms with Gasteiger partial charge in [0.05, 0.1) is 6.07 Å². The fourth-order valence-corrected chi connectivity index (χ4v) is 2.47. The van der Waals surface area contributed by atoms with E-state index >= 15 is 0 Å². The lowest BCUT2D eigenvalue weighted by atomic mass is 9.73. The molecule has 0 radical (unpaired) electrons. The number of allylic oxidation sites excluding steroid dienone is 4. The Morgan fingerprint density at radius 2 is 1.88 bits per heavy atom. The van der Waals surface area contributed by atoms with Gasteiger partial charge < -0.3 is 0 Å². The molecule has 0 heterocycles. The molecule has 0 spiro atoms. The lowest BCUT2D eigenvalue weighted by Crippen LogP contribution is -2.16. The topological polar surface area (TPSA) is 23.8 Å². The van der Waals surface area contributed by atoms with Crippen molar-refractivity contribution < 1.29 is 0 Å². The average Bonchev–Trinajstić information content (AvgIpc) is 2.28. The highest BCUT2D eigenvalue weighted by atomic mass is 14.3. The first-order valence-corrected chi connectivity index (χ1v) is 5.95. The van der Waals surface area contributed by atoms with E-state index in [1.807, 2.05) is 6.07 Å². The summed E-state index contributed by atoms with van der Waals surface area (Å²) in [7, 11) is 0.